The molecule has 0 unspecified atom stereocenters. The van der Waals surface area contributed by atoms with Crippen LogP contribution >= 0.6 is 11.6 Å². The zero-order valence-electron chi connectivity index (χ0n) is 6.76. The molecule has 0 bridgehead atoms. The Bertz CT molecular complexity index is 309. The number of nitrogens with one attached hydrogen (secondary N) is 1. The number of amidine groups is 1. The molecule has 1 heterocycles. The number of rotatable bonds is 2. The minimum absolute atomic E-state index is 0.138. The first-order valence-electron chi connectivity index (χ1n) is 3.53. The molecule has 4 heteroatoms. The van der Waals surface area contributed by atoms with Gasteiger partial charge in [-0.15, -0.1) is 0 Å². The topological polar surface area (TPSA) is 62.8 Å². The minimum atomic E-state index is 0.138. The Morgan fingerprint density at radius 3 is 2.92 bits per heavy atom. The first-order chi connectivity index (χ1) is 5.59. The average molecular weight is 184 g/mol. The molecule has 0 spiro atoms. The third-order valence-electron chi connectivity index (χ3n) is 1.47. The number of pyridine rings is 1. The van der Waals surface area contributed by atoms with E-state index in [4.69, 9.17) is 22.7 Å². The molecule has 12 heavy (non-hydrogen) atoms. The SMILES string of the molecule is Cc1cc(CC(=N)N)cnc1Cl. The van der Waals surface area contributed by atoms with Crippen LogP contribution in [0.1, 0.15) is 11.1 Å². The van der Waals surface area contributed by atoms with Crippen LogP contribution in [-0.4, -0.2) is 10.8 Å². The lowest BCUT2D eigenvalue weighted by Gasteiger charge is -2.01. The molecule has 3 nitrogen and oxygen atoms in total. The Kier molecular flexibility index (Phi) is 2.65. The van der Waals surface area contributed by atoms with E-state index in [0.717, 1.165) is 11.1 Å². The van der Waals surface area contributed by atoms with E-state index in [-0.39, 0.29) is 5.84 Å². The summed E-state index contributed by atoms with van der Waals surface area (Å²) in [6.07, 6.45) is 2.07. The fourth-order valence-corrected chi connectivity index (χ4v) is 1.04. The highest BCUT2D eigenvalue weighted by Gasteiger charge is 1.99. The van der Waals surface area contributed by atoms with Crippen molar-refractivity contribution in [2.75, 3.05) is 0 Å². The van der Waals surface area contributed by atoms with Gasteiger partial charge in [-0.3, -0.25) is 5.41 Å². The highest BCUT2D eigenvalue weighted by Crippen LogP contribution is 2.12. The number of hydrogen-bond acceptors (Lipinski definition) is 2. The third-order valence-corrected chi connectivity index (χ3v) is 1.86. The molecule has 0 aliphatic carbocycles. The normalized spacial score (nSPS) is 9.83. The molecule has 0 amide bonds. The van der Waals surface area contributed by atoms with Gasteiger partial charge in [0, 0.05) is 12.6 Å². The van der Waals surface area contributed by atoms with Gasteiger partial charge in [-0.1, -0.05) is 17.7 Å². The molecule has 0 aliphatic rings. The maximum atomic E-state index is 7.07. The summed E-state index contributed by atoms with van der Waals surface area (Å²) in [4.78, 5) is 3.94. The van der Waals surface area contributed by atoms with E-state index < -0.39 is 0 Å². The lowest BCUT2D eigenvalue weighted by molar-refractivity contribution is 1.16. The van der Waals surface area contributed by atoms with Crippen LogP contribution in [0.2, 0.25) is 5.15 Å². The molecule has 0 atom stereocenters. The number of aromatic nitrogens is 1. The Morgan fingerprint density at radius 1 is 1.75 bits per heavy atom. The number of nitrogens with two attached hydrogens (primary N) is 1. The lowest BCUT2D eigenvalue weighted by atomic mass is 10.1. The van der Waals surface area contributed by atoms with Crippen LogP contribution in [0.5, 0.6) is 0 Å². The summed E-state index contributed by atoms with van der Waals surface area (Å²) in [6.45, 7) is 1.87. The molecular formula is C8H10ClN3. The molecule has 1 rings (SSSR count). The molecule has 0 saturated carbocycles. The Morgan fingerprint density at radius 2 is 2.42 bits per heavy atom. The fraction of sp³-hybridized carbons (Fsp3) is 0.250. The van der Waals surface area contributed by atoms with Gasteiger partial charge in [0.15, 0.2) is 0 Å². The Labute approximate surface area is 76.1 Å². The second kappa shape index (κ2) is 3.54. The molecule has 3 N–H and O–H groups in total. The van der Waals surface area contributed by atoms with Crippen molar-refractivity contribution in [1.82, 2.24) is 4.98 Å². The van der Waals surface area contributed by atoms with E-state index in [1.54, 1.807) is 6.20 Å². The van der Waals surface area contributed by atoms with Crippen LogP contribution in [0.15, 0.2) is 12.3 Å². The highest BCUT2D eigenvalue weighted by molar-refractivity contribution is 6.30. The molecule has 0 aliphatic heterocycles. The number of aryl methyl sites for hydroxylation is 1. The molecule has 0 radical (unpaired) electrons. The van der Waals surface area contributed by atoms with Gasteiger partial charge in [-0.25, -0.2) is 4.98 Å². The monoisotopic (exact) mass is 183 g/mol. The van der Waals surface area contributed by atoms with Crippen LogP contribution in [0.4, 0.5) is 0 Å². The van der Waals surface area contributed by atoms with Crippen molar-refractivity contribution in [3.8, 4) is 0 Å². The predicted octanol–water partition coefficient (Wildman–Crippen LogP) is 1.52. The van der Waals surface area contributed by atoms with Crippen molar-refractivity contribution in [3.63, 3.8) is 0 Å². The van der Waals surface area contributed by atoms with Crippen LogP contribution in [0, 0.1) is 12.3 Å². The standard InChI is InChI=1S/C8H10ClN3/c1-5-2-6(3-7(10)11)4-12-8(5)9/h2,4H,3H2,1H3,(H3,10,11). The molecule has 1 aromatic heterocycles. The number of nitrogens with zero attached hydrogens (tertiary/aromatic N) is 1. The summed E-state index contributed by atoms with van der Waals surface area (Å²) in [5.74, 6) is 0.138. The van der Waals surface area contributed by atoms with E-state index in [1.807, 2.05) is 13.0 Å². The van der Waals surface area contributed by atoms with Crippen LogP contribution in [-0.2, 0) is 6.42 Å². The first-order valence-corrected chi connectivity index (χ1v) is 3.91. The predicted molar refractivity (Wildman–Crippen MR) is 49.6 cm³/mol. The molecule has 0 saturated heterocycles. The van der Waals surface area contributed by atoms with Gasteiger partial charge in [-0.05, 0) is 18.1 Å². The van der Waals surface area contributed by atoms with Crippen LogP contribution < -0.4 is 5.73 Å². The second-order valence-corrected chi connectivity index (χ2v) is 3.01. The molecule has 64 valence electrons. The van der Waals surface area contributed by atoms with E-state index in [2.05, 4.69) is 4.98 Å². The number of hydrogen-bond donors (Lipinski definition) is 2. The summed E-state index contributed by atoms with van der Waals surface area (Å²) in [6, 6.07) is 1.89. The van der Waals surface area contributed by atoms with Crippen molar-refractivity contribution in [2.24, 2.45) is 5.73 Å². The first kappa shape index (κ1) is 9.00. The van der Waals surface area contributed by atoms with Gasteiger partial charge in [0.1, 0.15) is 5.15 Å². The van der Waals surface area contributed by atoms with Gasteiger partial charge in [0.25, 0.3) is 0 Å². The van der Waals surface area contributed by atoms with Crippen molar-refractivity contribution in [3.05, 3.63) is 28.5 Å². The zero-order chi connectivity index (χ0) is 9.14. The number of halogens is 1. The summed E-state index contributed by atoms with van der Waals surface area (Å²) in [7, 11) is 0. The molecule has 1 aromatic rings. The van der Waals surface area contributed by atoms with Crippen molar-refractivity contribution in [2.45, 2.75) is 13.3 Å². The Hall–Kier alpha value is -1.09. The van der Waals surface area contributed by atoms with Crippen molar-refractivity contribution in [1.29, 1.82) is 5.41 Å². The molecular weight excluding hydrogens is 174 g/mol. The van der Waals surface area contributed by atoms with Gasteiger partial charge < -0.3 is 5.73 Å². The van der Waals surface area contributed by atoms with Gasteiger partial charge >= 0.3 is 0 Å². The van der Waals surface area contributed by atoms with Gasteiger partial charge in [0.05, 0.1) is 5.84 Å². The van der Waals surface area contributed by atoms with Crippen LogP contribution in [0.25, 0.3) is 0 Å². The van der Waals surface area contributed by atoms with Gasteiger partial charge in [-0.2, -0.15) is 0 Å². The van der Waals surface area contributed by atoms with Gasteiger partial charge in [0.2, 0.25) is 0 Å². The third kappa shape index (κ3) is 2.20. The summed E-state index contributed by atoms with van der Waals surface area (Å²) in [5, 5.41) is 7.58. The summed E-state index contributed by atoms with van der Waals surface area (Å²) in [5.41, 5.74) is 7.07. The van der Waals surface area contributed by atoms with E-state index in [0.29, 0.717) is 11.6 Å². The fourth-order valence-electron chi connectivity index (χ4n) is 0.933. The molecule has 0 aromatic carbocycles. The maximum Gasteiger partial charge on any atom is 0.131 e. The van der Waals surface area contributed by atoms with Crippen molar-refractivity contribution >= 4 is 17.4 Å². The summed E-state index contributed by atoms with van der Waals surface area (Å²) >= 11 is 5.72. The Balaban J connectivity index is 2.89. The lowest BCUT2D eigenvalue weighted by Crippen LogP contribution is -2.12. The maximum absolute atomic E-state index is 7.07. The van der Waals surface area contributed by atoms with E-state index in [9.17, 15) is 0 Å². The average Bonchev–Trinajstić information content (AvgIpc) is 1.96. The quantitative estimate of drug-likeness (QED) is 0.415. The molecule has 0 fully saturated rings. The van der Waals surface area contributed by atoms with E-state index in [1.165, 1.54) is 0 Å². The summed E-state index contributed by atoms with van der Waals surface area (Å²) < 4.78 is 0. The second-order valence-electron chi connectivity index (χ2n) is 2.65. The van der Waals surface area contributed by atoms with Crippen molar-refractivity contribution < 1.29 is 0 Å². The van der Waals surface area contributed by atoms with E-state index >= 15 is 0 Å². The minimum Gasteiger partial charge on any atom is -0.387 e. The largest absolute Gasteiger partial charge is 0.387 e. The van der Waals surface area contributed by atoms with Crippen LogP contribution in [0.3, 0.4) is 0 Å². The highest BCUT2D eigenvalue weighted by atomic mass is 35.5. The zero-order valence-corrected chi connectivity index (χ0v) is 7.52. The smallest absolute Gasteiger partial charge is 0.131 e.